The number of rotatable bonds is 7. The molecule has 0 aliphatic carbocycles. The Labute approximate surface area is 271 Å². The summed E-state index contributed by atoms with van der Waals surface area (Å²) in [4.78, 5) is 27.1. The first-order valence-corrected chi connectivity index (χ1v) is 14.8. The molecule has 0 aliphatic heterocycles. The predicted octanol–water partition coefficient (Wildman–Crippen LogP) is 11.2. The monoisotopic (exact) mass is 681 g/mol. The summed E-state index contributed by atoms with van der Waals surface area (Å²) in [5, 5.41) is 2.64. The molecule has 0 N–H and O–H groups in total. The van der Waals surface area contributed by atoms with Crippen molar-refractivity contribution in [2.45, 2.75) is 17.5 Å². The predicted molar refractivity (Wildman–Crippen MR) is 169 cm³/mol. The van der Waals surface area contributed by atoms with E-state index >= 15 is 0 Å². The molecule has 47 heavy (non-hydrogen) atoms. The van der Waals surface area contributed by atoms with Crippen molar-refractivity contribution in [3.8, 4) is 33.6 Å². The van der Waals surface area contributed by atoms with Crippen LogP contribution >= 0.6 is 23.5 Å². The van der Waals surface area contributed by atoms with Gasteiger partial charge in [-0.3, -0.25) is 13.8 Å². The van der Waals surface area contributed by atoms with Crippen LogP contribution in [0.4, 0.5) is 26.3 Å². The van der Waals surface area contributed by atoms with Crippen LogP contribution in [0.5, 0.6) is 0 Å². The van der Waals surface area contributed by atoms with E-state index in [9.17, 15) is 36.0 Å². The third-order valence-corrected chi connectivity index (χ3v) is 8.67. The topological polar surface area (TPSA) is 64.3 Å². The number of aromatic nitrogens is 2. The molecule has 0 radical (unpaired) electrons. The number of fused-ring (bicyclic) bond motifs is 1. The van der Waals surface area contributed by atoms with Crippen molar-refractivity contribution in [1.82, 2.24) is 8.96 Å². The summed E-state index contributed by atoms with van der Waals surface area (Å²) in [6, 6.07) is 22.0. The molecule has 4 aromatic carbocycles. The van der Waals surface area contributed by atoms with Crippen LogP contribution in [-0.4, -0.2) is 14.9 Å². The third-order valence-electron chi connectivity index (χ3n) is 7.31. The Morgan fingerprint density at radius 2 is 1.64 bits per heavy atom. The number of carbonyl (C=O) groups excluding carboxylic acids is 1. The molecule has 6 rings (SSSR count). The minimum atomic E-state index is -4.81. The number of hydrogen-bond donors (Lipinski definition) is 0. The Morgan fingerprint density at radius 1 is 0.894 bits per heavy atom. The standard InChI is InChI=1S/C34H18ClF6N3O2S/c35-27-16-21(33(45)43-46)8-12-24(27)19-3-1-4-20(15-19)31-29(30-26(34(39,40)41)5-2-14-42-30)25-17-22(36)9-13-28(25)44(31)47-23-10-6-18(7-11-23)32(37)38/h1-17,32H. The summed E-state index contributed by atoms with van der Waals surface area (Å²) in [5.74, 6) is -1.71. The summed E-state index contributed by atoms with van der Waals surface area (Å²) in [5.41, 5.74) is 0.153. The van der Waals surface area contributed by atoms with Crippen molar-refractivity contribution in [1.29, 1.82) is 0 Å². The fourth-order valence-corrected chi connectivity index (χ4v) is 6.52. The zero-order valence-electron chi connectivity index (χ0n) is 23.6. The molecule has 0 aliphatic rings. The number of amides is 1. The van der Waals surface area contributed by atoms with Crippen LogP contribution in [0.3, 0.4) is 0 Å². The molecular formula is C34H18ClF6N3O2S. The molecule has 5 nitrogen and oxygen atoms in total. The van der Waals surface area contributed by atoms with Crippen LogP contribution in [0, 0.1) is 10.7 Å². The second kappa shape index (κ2) is 12.7. The van der Waals surface area contributed by atoms with Crippen molar-refractivity contribution in [3.05, 3.63) is 136 Å². The number of nitrogens with zero attached hydrogens (tertiary/aromatic N) is 3. The van der Waals surface area contributed by atoms with E-state index in [1.165, 1.54) is 60.8 Å². The van der Waals surface area contributed by atoms with E-state index in [1.807, 2.05) is 0 Å². The van der Waals surface area contributed by atoms with Gasteiger partial charge in [0.15, 0.2) is 0 Å². The second-order valence-corrected chi connectivity index (χ2v) is 11.6. The van der Waals surface area contributed by atoms with Gasteiger partial charge in [0.05, 0.1) is 22.5 Å². The van der Waals surface area contributed by atoms with E-state index in [2.05, 4.69) is 10.2 Å². The van der Waals surface area contributed by atoms with Crippen molar-refractivity contribution < 1.29 is 31.1 Å². The SMILES string of the molecule is O=NC(=O)c1ccc(-c2cccc(-c3c(-c4ncccc4C(F)(F)F)c4cc(F)ccc4n3Sc3ccc(C(F)F)cc3)c2)c(Cl)c1. The molecule has 0 spiro atoms. The Morgan fingerprint density at radius 3 is 2.32 bits per heavy atom. The van der Waals surface area contributed by atoms with Gasteiger partial charge >= 0.3 is 12.1 Å². The van der Waals surface area contributed by atoms with E-state index in [4.69, 9.17) is 11.6 Å². The molecule has 1 amide bonds. The molecule has 0 atom stereocenters. The van der Waals surface area contributed by atoms with E-state index in [0.29, 0.717) is 27.1 Å². The first-order chi connectivity index (χ1) is 22.5. The average Bonchev–Trinajstić information content (AvgIpc) is 3.36. The Balaban J connectivity index is 1.64. The molecule has 2 heterocycles. The Bertz CT molecular complexity index is 2170. The maximum atomic E-state index is 14.8. The van der Waals surface area contributed by atoms with Crippen LogP contribution in [-0.2, 0) is 6.18 Å². The van der Waals surface area contributed by atoms with Crippen LogP contribution in [0.25, 0.3) is 44.5 Å². The highest BCUT2D eigenvalue weighted by Crippen LogP contribution is 2.48. The number of alkyl halides is 5. The minimum absolute atomic E-state index is 0.00891. The van der Waals surface area contributed by atoms with E-state index in [0.717, 1.165) is 30.1 Å². The largest absolute Gasteiger partial charge is 0.418 e. The van der Waals surface area contributed by atoms with Gasteiger partial charge in [-0.1, -0.05) is 48.0 Å². The quantitative estimate of drug-likeness (QED) is 0.124. The summed E-state index contributed by atoms with van der Waals surface area (Å²) < 4.78 is 86.2. The zero-order valence-corrected chi connectivity index (χ0v) is 25.2. The van der Waals surface area contributed by atoms with Gasteiger partial charge in [-0.05, 0) is 78.2 Å². The van der Waals surface area contributed by atoms with Crippen LogP contribution in [0.2, 0.25) is 5.02 Å². The van der Waals surface area contributed by atoms with Gasteiger partial charge in [0, 0.05) is 54.5 Å². The molecule has 236 valence electrons. The van der Waals surface area contributed by atoms with Crippen molar-refractivity contribution >= 4 is 40.4 Å². The van der Waals surface area contributed by atoms with Gasteiger partial charge in [0.25, 0.3) is 6.43 Å². The smallest absolute Gasteiger partial charge is 0.278 e. The number of pyridine rings is 1. The first kappa shape index (κ1) is 32.0. The van der Waals surface area contributed by atoms with Gasteiger partial charge in [-0.2, -0.15) is 13.2 Å². The second-order valence-electron chi connectivity index (χ2n) is 10.2. The molecular weight excluding hydrogens is 664 g/mol. The number of benzene rings is 4. The summed E-state index contributed by atoms with van der Waals surface area (Å²) in [6.07, 6.45) is -6.31. The maximum absolute atomic E-state index is 14.8. The van der Waals surface area contributed by atoms with Gasteiger partial charge in [-0.15, -0.1) is 4.91 Å². The van der Waals surface area contributed by atoms with E-state index in [-0.39, 0.29) is 32.8 Å². The van der Waals surface area contributed by atoms with E-state index in [1.54, 1.807) is 28.2 Å². The average molecular weight is 682 g/mol. The molecule has 6 aromatic rings. The number of carbonyl (C=O) groups is 1. The molecule has 0 bridgehead atoms. The Kier molecular flexibility index (Phi) is 8.64. The fraction of sp³-hybridized carbons (Fsp3) is 0.0588. The molecule has 0 saturated carbocycles. The summed E-state index contributed by atoms with van der Waals surface area (Å²) in [7, 11) is 0. The highest BCUT2D eigenvalue weighted by molar-refractivity contribution is 7.98. The van der Waals surface area contributed by atoms with E-state index < -0.39 is 35.6 Å². The number of nitroso groups, excluding NO2 is 1. The molecule has 0 fully saturated rings. The normalized spacial score (nSPS) is 11.7. The fourth-order valence-electron chi connectivity index (χ4n) is 5.21. The van der Waals surface area contributed by atoms with Gasteiger partial charge in [0.2, 0.25) is 0 Å². The summed E-state index contributed by atoms with van der Waals surface area (Å²) in [6.45, 7) is 0. The lowest BCUT2D eigenvalue weighted by molar-refractivity contribution is -0.137. The highest BCUT2D eigenvalue weighted by atomic mass is 35.5. The maximum Gasteiger partial charge on any atom is 0.418 e. The molecule has 2 aromatic heterocycles. The first-order valence-electron chi connectivity index (χ1n) is 13.7. The lowest BCUT2D eigenvalue weighted by Gasteiger charge is -2.16. The number of halogens is 7. The van der Waals surface area contributed by atoms with Gasteiger partial charge < -0.3 is 0 Å². The van der Waals surface area contributed by atoms with Crippen molar-refractivity contribution in [3.63, 3.8) is 0 Å². The molecule has 0 unspecified atom stereocenters. The highest BCUT2D eigenvalue weighted by Gasteiger charge is 2.36. The van der Waals surface area contributed by atoms with Gasteiger partial charge in [0.1, 0.15) is 5.82 Å². The zero-order chi connectivity index (χ0) is 33.5. The van der Waals surface area contributed by atoms with Crippen molar-refractivity contribution in [2.24, 2.45) is 5.18 Å². The van der Waals surface area contributed by atoms with Crippen LogP contribution < -0.4 is 0 Å². The Hall–Kier alpha value is -4.94. The third kappa shape index (κ3) is 6.26. The lowest BCUT2D eigenvalue weighted by atomic mass is 9.96. The van der Waals surface area contributed by atoms with Crippen LogP contribution in [0.1, 0.15) is 27.9 Å². The number of hydrogen-bond acceptors (Lipinski definition) is 4. The molecule has 0 saturated heterocycles. The van der Waals surface area contributed by atoms with Crippen LogP contribution in [0.15, 0.2) is 113 Å². The molecule has 13 heteroatoms. The summed E-state index contributed by atoms with van der Waals surface area (Å²) >= 11 is 7.52. The van der Waals surface area contributed by atoms with Crippen molar-refractivity contribution in [2.75, 3.05) is 0 Å². The lowest BCUT2D eigenvalue weighted by Crippen LogP contribution is -2.08. The van der Waals surface area contributed by atoms with Gasteiger partial charge in [-0.25, -0.2) is 13.2 Å². The minimum Gasteiger partial charge on any atom is -0.278 e.